The molecule has 3 rings (SSSR count). The molecule has 23 heavy (non-hydrogen) atoms. The summed E-state index contributed by atoms with van der Waals surface area (Å²) in [6.07, 6.45) is 1.66. The number of carbonyl (C=O) groups is 1. The second-order valence-corrected chi connectivity index (χ2v) is 7.53. The molecule has 6 nitrogen and oxygen atoms in total. The van der Waals surface area contributed by atoms with Crippen LogP contribution in [0.15, 0.2) is 29.8 Å². The number of morpholine rings is 1. The number of thiophene rings is 1. The van der Waals surface area contributed by atoms with E-state index in [9.17, 15) is 4.79 Å². The zero-order valence-corrected chi connectivity index (χ0v) is 14.5. The smallest absolute Gasteiger partial charge is 0.323 e. The molecule has 1 aliphatic heterocycles. The number of amides is 2. The lowest BCUT2D eigenvalue weighted by Crippen LogP contribution is -2.44. The Labute approximate surface area is 140 Å². The van der Waals surface area contributed by atoms with Crippen LogP contribution in [0.3, 0.4) is 0 Å². The SMILES string of the molecule is CC(C)(C)n1nccc1NC(=O)N1CCOC(c2cccs2)C1. The van der Waals surface area contributed by atoms with Crippen molar-refractivity contribution in [2.75, 3.05) is 25.0 Å². The van der Waals surface area contributed by atoms with Crippen LogP contribution in [0.5, 0.6) is 0 Å². The van der Waals surface area contributed by atoms with Gasteiger partial charge in [-0.3, -0.25) is 5.32 Å². The summed E-state index contributed by atoms with van der Waals surface area (Å²) in [6.45, 7) is 7.87. The van der Waals surface area contributed by atoms with E-state index in [4.69, 9.17) is 4.74 Å². The average molecular weight is 334 g/mol. The van der Waals surface area contributed by atoms with Crippen molar-refractivity contribution in [3.8, 4) is 0 Å². The molecule has 1 unspecified atom stereocenters. The van der Waals surface area contributed by atoms with Gasteiger partial charge in [0.25, 0.3) is 0 Å². The summed E-state index contributed by atoms with van der Waals surface area (Å²) in [5.74, 6) is 0.710. The minimum Gasteiger partial charge on any atom is -0.369 e. The van der Waals surface area contributed by atoms with E-state index in [2.05, 4.69) is 31.2 Å². The largest absolute Gasteiger partial charge is 0.369 e. The van der Waals surface area contributed by atoms with Gasteiger partial charge in [-0.1, -0.05) is 6.07 Å². The van der Waals surface area contributed by atoms with E-state index in [1.807, 2.05) is 28.3 Å². The summed E-state index contributed by atoms with van der Waals surface area (Å²) in [6, 6.07) is 5.76. The maximum absolute atomic E-state index is 12.6. The van der Waals surface area contributed by atoms with Crippen molar-refractivity contribution in [2.45, 2.75) is 32.4 Å². The van der Waals surface area contributed by atoms with Crippen molar-refractivity contribution in [3.05, 3.63) is 34.7 Å². The molecule has 0 radical (unpaired) electrons. The Balaban J connectivity index is 1.68. The molecule has 1 atom stereocenters. The van der Waals surface area contributed by atoms with Gasteiger partial charge in [0.1, 0.15) is 11.9 Å². The first-order valence-electron chi connectivity index (χ1n) is 7.70. The molecule has 0 saturated carbocycles. The molecule has 1 aliphatic rings. The van der Waals surface area contributed by atoms with Gasteiger partial charge in [-0.25, -0.2) is 9.48 Å². The summed E-state index contributed by atoms with van der Waals surface area (Å²) in [4.78, 5) is 15.5. The second kappa shape index (κ2) is 6.33. The standard InChI is InChI=1S/C16H22N4O2S/c1-16(2,3)20-14(6-7-17-20)18-15(21)19-8-9-22-12(11-19)13-5-4-10-23-13/h4-7,10,12H,8-9,11H2,1-3H3,(H,18,21). The number of anilines is 1. The minimum absolute atomic E-state index is 0.0398. The number of aromatic nitrogens is 2. The molecule has 2 aromatic rings. The van der Waals surface area contributed by atoms with Gasteiger partial charge in [-0.05, 0) is 32.2 Å². The highest BCUT2D eigenvalue weighted by molar-refractivity contribution is 7.10. The first-order chi connectivity index (χ1) is 10.9. The number of urea groups is 1. The van der Waals surface area contributed by atoms with Gasteiger partial charge in [0.15, 0.2) is 0 Å². The molecule has 1 N–H and O–H groups in total. The van der Waals surface area contributed by atoms with Crippen LogP contribution in [0, 0.1) is 0 Å². The fourth-order valence-corrected chi connectivity index (χ4v) is 3.37. The summed E-state index contributed by atoms with van der Waals surface area (Å²) >= 11 is 1.66. The normalized spacial score (nSPS) is 18.9. The van der Waals surface area contributed by atoms with E-state index in [1.54, 1.807) is 22.4 Å². The Morgan fingerprint density at radius 1 is 1.43 bits per heavy atom. The van der Waals surface area contributed by atoms with Gasteiger partial charge < -0.3 is 9.64 Å². The van der Waals surface area contributed by atoms with E-state index < -0.39 is 0 Å². The van der Waals surface area contributed by atoms with Crippen molar-refractivity contribution in [3.63, 3.8) is 0 Å². The first-order valence-corrected chi connectivity index (χ1v) is 8.58. The van der Waals surface area contributed by atoms with Crippen molar-refractivity contribution >= 4 is 23.2 Å². The molecule has 7 heteroatoms. The van der Waals surface area contributed by atoms with Crippen LogP contribution in [0.1, 0.15) is 31.8 Å². The Bertz CT molecular complexity index is 660. The maximum atomic E-state index is 12.6. The lowest BCUT2D eigenvalue weighted by Gasteiger charge is -2.33. The Kier molecular flexibility index (Phi) is 4.41. The molecule has 2 amide bonds. The number of ether oxygens (including phenoxy) is 1. The third kappa shape index (κ3) is 3.56. The molecule has 2 aromatic heterocycles. The van der Waals surface area contributed by atoms with Crippen LogP contribution in [0.25, 0.3) is 0 Å². The fraction of sp³-hybridized carbons (Fsp3) is 0.500. The monoisotopic (exact) mass is 334 g/mol. The predicted octanol–water partition coefficient (Wildman–Crippen LogP) is 3.31. The zero-order chi connectivity index (χ0) is 16.4. The number of nitrogens with one attached hydrogen (secondary N) is 1. The van der Waals surface area contributed by atoms with Crippen molar-refractivity contribution in [1.82, 2.24) is 14.7 Å². The summed E-state index contributed by atoms with van der Waals surface area (Å²) in [5.41, 5.74) is -0.184. The van der Waals surface area contributed by atoms with E-state index in [-0.39, 0.29) is 17.7 Å². The lowest BCUT2D eigenvalue weighted by atomic mass is 10.1. The van der Waals surface area contributed by atoms with Crippen molar-refractivity contribution in [2.24, 2.45) is 0 Å². The zero-order valence-electron chi connectivity index (χ0n) is 13.7. The highest BCUT2D eigenvalue weighted by Crippen LogP contribution is 2.26. The highest BCUT2D eigenvalue weighted by Gasteiger charge is 2.27. The fourth-order valence-electron chi connectivity index (χ4n) is 2.60. The quantitative estimate of drug-likeness (QED) is 0.916. The average Bonchev–Trinajstić information content (AvgIpc) is 3.18. The summed E-state index contributed by atoms with van der Waals surface area (Å²) in [7, 11) is 0. The van der Waals surface area contributed by atoms with Crippen molar-refractivity contribution < 1.29 is 9.53 Å². The molecule has 0 bridgehead atoms. The van der Waals surface area contributed by atoms with Crippen LogP contribution in [0.2, 0.25) is 0 Å². The maximum Gasteiger partial charge on any atom is 0.323 e. The number of rotatable bonds is 2. The highest BCUT2D eigenvalue weighted by atomic mass is 32.1. The van der Waals surface area contributed by atoms with Crippen LogP contribution in [0.4, 0.5) is 10.6 Å². The molecule has 0 spiro atoms. The summed E-state index contributed by atoms with van der Waals surface area (Å²) < 4.78 is 7.61. The van der Waals surface area contributed by atoms with Crippen LogP contribution in [-0.2, 0) is 10.3 Å². The molecule has 1 fully saturated rings. The molecular weight excluding hydrogens is 312 g/mol. The topological polar surface area (TPSA) is 59.4 Å². The van der Waals surface area contributed by atoms with Gasteiger partial charge in [-0.15, -0.1) is 11.3 Å². The number of hydrogen-bond donors (Lipinski definition) is 1. The van der Waals surface area contributed by atoms with Gasteiger partial charge in [0.05, 0.1) is 24.9 Å². The number of hydrogen-bond acceptors (Lipinski definition) is 4. The van der Waals surface area contributed by atoms with Gasteiger partial charge in [0, 0.05) is 17.5 Å². The number of nitrogens with zero attached hydrogens (tertiary/aromatic N) is 3. The second-order valence-electron chi connectivity index (χ2n) is 6.55. The third-order valence-corrected chi connectivity index (χ3v) is 4.69. The molecule has 0 aliphatic carbocycles. The minimum atomic E-state index is -0.184. The van der Waals surface area contributed by atoms with Gasteiger partial charge >= 0.3 is 6.03 Å². The molecule has 3 heterocycles. The van der Waals surface area contributed by atoms with Crippen LogP contribution < -0.4 is 5.32 Å². The molecule has 0 aromatic carbocycles. The predicted molar refractivity (Wildman–Crippen MR) is 90.8 cm³/mol. The van der Waals surface area contributed by atoms with Crippen LogP contribution >= 0.6 is 11.3 Å². The molecule has 124 valence electrons. The first kappa shape index (κ1) is 16.0. The Morgan fingerprint density at radius 2 is 2.26 bits per heavy atom. The third-order valence-electron chi connectivity index (χ3n) is 3.73. The summed E-state index contributed by atoms with van der Waals surface area (Å²) in [5, 5.41) is 9.30. The number of carbonyl (C=O) groups excluding carboxylic acids is 1. The molecule has 1 saturated heterocycles. The molecular formula is C16H22N4O2S. The van der Waals surface area contributed by atoms with E-state index in [0.29, 0.717) is 25.5 Å². The Morgan fingerprint density at radius 3 is 2.96 bits per heavy atom. The van der Waals surface area contributed by atoms with Gasteiger partial charge in [0.2, 0.25) is 0 Å². The lowest BCUT2D eigenvalue weighted by molar-refractivity contribution is -0.0116. The van der Waals surface area contributed by atoms with E-state index >= 15 is 0 Å². The van der Waals surface area contributed by atoms with Gasteiger partial charge in [-0.2, -0.15) is 5.10 Å². The van der Waals surface area contributed by atoms with E-state index in [0.717, 1.165) is 4.88 Å². The Hall–Kier alpha value is -1.86. The van der Waals surface area contributed by atoms with Crippen molar-refractivity contribution in [1.29, 1.82) is 0 Å². The van der Waals surface area contributed by atoms with Crippen LogP contribution in [-0.4, -0.2) is 40.4 Å². The van der Waals surface area contributed by atoms with E-state index in [1.165, 1.54) is 0 Å².